The van der Waals surface area contributed by atoms with Gasteiger partial charge in [0.25, 0.3) is 0 Å². The van der Waals surface area contributed by atoms with Crippen molar-refractivity contribution >= 4 is 12.4 Å². The van der Waals surface area contributed by atoms with Gasteiger partial charge in [-0.05, 0) is 12.5 Å². The Labute approximate surface area is 94.6 Å². The molecule has 1 amide bonds. The van der Waals surface area contributed by atoms with Crippen molar-refractivity contribution in [2.75, 3.05) is 0 Å². The second-order valence-electron chi connectivity index (χ2n) is 3.51. The number of rotatable bonds is 5. The minimum atomic E-state index is -0.502. The van der Waals surface area contributed by atoms with E-state index in [2.05, 4.69) is 5.32 Å². The number of hydrogen-bond acceptors (Lipinski definition) is 3. The molecule has 1 aromatic rings. The average Bonchev–Trinajstić information content (AvgIpc) is 2.28. The van der Waals surface area contributed by atoms with E-state index in [-0.39, 0.29) is 12.6 Å². The molecular weight excluding hydrogens is 206 g/mol. The van der Waals surface area contributed by atoms with Gasteiger partial charge in [-0.15, -0.1) is 0 Å². The summed E-state index contributed by atoms with van der Waals surface area (Å²) in [5.74, 6) is 0. The molecule has 4 nitrogen and oxygen atoms in total. The van der Waals surface area contributed by atoms with E-state index in [9.17, 15) is 9.59 Å². The van der Waals surface area contributed by atoms with Crippen LogP contribution in [0.15, 0.2) is 30.3 Å². The molecule has 0 saturated heterocycles. The lowest BCUT2D eigenvalue weighted by atomic mass is 10.2. The summed E-state index contributed by atoms with van der Waals surface area (Å²) in [5.41, 5.74) is 0.931. The first-order valence-electron chi connectivity index (χ1n) is 5.13. The van der Waals surface area contributed by atoms with Crippen LogP contribution in [0.25, 0.3) is 0 Å². The van der Waals surface area contributed by atoms with Crippen molar-refractivity contribution in [3.8, 4) is 0 Å². The second-order valence-corrected chi connectivity index (χ2v) is 3.51. The summed E-state index contributed by atoms with van der Waals surface area (Å²) >= 11 is 0. The van der Waals surface area contributed by atoms with Crippen molar-refractivity contribution < 1.29 is 14.3 Å². The van der Waals surface area contributed by atoms with Crippen LogP contribution in [-0.4, -0.2) is 18.4 Å². The van der Waals surface area contributed by atoms with Gasteiger partial charge in [0, 0.05) is 12.5 Å². The summed E-state index contributed by atoms with van der Waals surface area (Å²) in [6.45, 7) is 1.98. The number of alkyl carbamates (subject to hydrolysis) is 1. The number of aldehydes is 1. The molecule has 16 heavy (non-hydrogen) atoms. The predicted molar refractivity (Wildman–Crippen MR) is 59.9 cm³/mol. The van der Waals surface area contributed by atoms with E-state index < -0.39 is 6.09 Å². The minimum absolute atomic E-state index is 0.194. The molecule has 0 aliphatic carbocycles. The number of amides is 1. The molecule has 1 N–H and O–H groups in total. The van der Waals surface area contributed by atoms with Crippen LogP contribution in [0.5, 0.6) is 0 Å². The standard InChI is InChI=1S/C12H15NO3/c1-10(7-8-14)13-12(15)16-9-11-5-3-2-4-6-11/h2-6,8,10H,7,9H2,1H3,(H,13,15)/t10-/m1/s1. The smallest absolute Gasteiger partial charge is 0.407 e. The Bertz CT molecular complexity index is 337. The third-order valence-corrected chi connectivity index (χ3v) is 2.03. The van der Waals surface area contributed by atoms with Crippen molar-refractivity contribution in [1.29, 1.82) is 0 Å². The first-order chi connectivity index (χ1) is 7.72. The third kappa shape index (κ3) is 4.59. The highest BCUT2D eigenvalue weighted by Crippen LogP contribution is 2.00. The quantitative estimate of drug-likeness (QED) is 0.772. The lowest BCUT2D eigenvalue weighted by molar-refractivity contribution is -0.108. The van der Waals surface area contributed by atoms with Gasteiger partial charge in [0.2, 0.25) is 0 Å². The largest absolute Gasteiger partial charge is 0.445 e. The molecule has 1 aromatic carbocycles. The Balaban J connectivity index is 2.28. The number of hydrogen-bond donors (Lipinski definition) is 1. The van der Waals surface area contributed by atoms with E-state index in [1.165, 1.54) is 0 Å². The predicted octanol–water partition coefficient (Wildman–Crippen LogP) is 1.89. The Morgan fingerprint density at radius 3 is 2.75 bits per heavy atom. The summed E-state index contributed by atoms with van der Waals surface area (Å²) in [5, 5.41) is 2.56. The fraction of sp³-hybridized carbons (Fsp3) is 0.333. The zero-order valence-electron chi connectivity index (χ0n) is 9.18. The maximum atomic E-state index is 11.3. The lowest BCUT2D eigenvalue weighted by Crippen LogP contribution is -2.33. The molecule has 1 rings (SSSR count). The molecule has 86 valence electrons. The summed E-state index contributed by atoms with van der Waals surface area (Å²) in [6, 6.07) is 9.22. The van der Waals surface area contributed by atoms with Crippen LogP contribution in [0.3, 0.4) is 0 Å². The minimum Gasteiger partial charge on any atom is -0.445 e. The van der Waals surface area contributed by atoms with Gasteiger partial charge in [-0.25, -0.2) is 4.79 Å². The van der Waals surface area contributed by atoms with Crippen molar-refractivity contribution in [1.82, 2.24) is 5.32 Å². The SMILES string of the molecule is C[C@H](CC=O)NC(=O)OCc1ccccc1. The molecule has 0 unspecified atom stereocenters. The molecule has 0 saturated carbocycles. The normalized spacial score (nSPS) is 11.6. The molecule has 0 radical (unpaired) electrons. The summed E-state index contributed by atoms with van der Waals surface area (Å²) in [4.78, 5) is 21.4. The van der Waals surface area contributed by atoms with Crippen molar-refractivity contribution in [2.45, 2.75) is 26.0 Å². The van der Waals surface area contributed by atoms with Gasteiger partial charge in [0.05, 0.1) is 0 Å². The molecule has 0 spiro atoms. The fourth-order valence-electron chi connectivity index (χ4n) is 1.17. The van der Waals surface area contributed by atoms with Gasteiger partial charge < -0.3 is 14.8 Å². The molecule has 0 aliphatic rings. The highest BCUT2D eigenvalue weighted by Gasteiger charge is 2.07. The zero-order chi connectivity index (χ0) is 11.8. The highest BCUT2D eigenvalue weighted by atomic mass is 16.5. The van der Waals surface area contributed by atoms with Gasteiger partial charge in [-0.3, -0.25) is 0 Å². The van der Waals surface area contributed by atoms with Crippen molar-refractivity contribution in [3.05, 3.63) is 35.9 Å². The van der Waals surface area contributed by atoms with Crippen LogP contribution < -0.4 is 5.32 Å². The first kappa shape index (κ1) is 12.2. The summed E-state index contributed by atoms with van der Waals surface area (Å²) < 4.78 is 4.98. The van der Waals surface area contributed by atoms with Gasteiger partial charge >= 0.3 is 6.09 Å². The van der Waals surface area contributed by atoms with Crippen LogP contribution in [0.4, 0.5) is 4.79 Å². The van der Waals surface area contributed by atoms with Crippen molar-refractivity contribution in [2.24, 2.45) is 0 Å². The second kappa shape index (κ2) is 6.61. The first-order valence-corrected chi connectivity index (χ1v) is 5.13. The van der Waals surface area contributed by atoms with Crippen LogP contribution >= 0.6 is 0 Å². The van der Waals surface area contributed by atoms with E-state index in [1.54, 1.807) is 6.92 Å². The Morgan fingerprint density at radius 1 is 1.44 bits per heavy atom. The van der Waals surface area contributed by atoms with Crippen LogP contribution in [-0.2, 0) is 16.1 Å². The Morgan fingerprint density at radius 2 is 2.12 bits per heavy atom. The summed E-state index contributed by atoms with van der Waals surface area (Å²) in [6.07, 6.45) is 0.556. The van der Waals surface area contributed by atoms with E-state index in [4.69, 9.17) is 4.74 Å². The van der Waals surface area contributed by atoms with E-state index in [1.807, 2.05) is 30.3 Å². The molecule has 0 bridgehead atoms. The van der Waals surface area contributed by atoms with Gasteiger partial charge in [-0.2, -0.15) is 0 Å². The topological polar surface area (TPSA) is 55.4 Å². The van der Waals surface area contributed by atoms with Crippen LogP contribution in [0, 0.1) is 0 Å². The number of ether oxygens (including phenoxy) is 1. The molecule has 4 heteroatoms. The Hall–Kier alpha value is -1.84. The molecule has 0 fully saturated rings. The molecule has 0 heterocycles. The van der Waals surface area contributed by atoms with Crippen LogP contribution in [0.1, 0.15) is 18.9 Å². The van der Waals surface area contributed by atoms with Crippen molar-refractivity contribution in [3.63, 3.8) is 0 Å². The number of nitrogens with one attached hydrogen (secondary N) is 1. The third-order valence-electron chi connectivity index (χ3n) is 2.03. The maximum Gasteiger partial charge on any atom is 0.407 e. The average molecular weight is 221 g/mol. The molecular formula is C12H15NO3. The lowest BCUT2D eigenvalue weighted by Gasteiger charge is -2.11. The van der Waals surface area contributed by atoms with Gasteiger partial charge in [0.15, 0.2) is 0 Å². The zero-order valence-corrected chi connectivity index (χ0v) is 9.18. The van der Waals surface area contributed by atoms with Gasteiger partial charge in [0.1, 0.15) is 12.9 Å². The van der Waals surface area contributed by atoms with E-state index in [0.717, 1.165) is 11.8 Å². The van der Waals surface area contributed by atoms with E-state index in [0.29, 0.717) is 6.42 Å². The molecule has 0 aromatic heterocycles. The summed E-state index contributed by atoms with van der Waals surface area (Å²) in [7, 11) is 0. The van der Waals surface area contributed by atoms with Gasteiger partial charge in [-0.1, -0.05) is 30.3 Å². The fourth-order valence-corrected chi connectivity index (χ4v) is 1.17. The highest BCUT2D eigenvalue weighted by molar-refractivity contribution is 5.68. The Kier molecular flexibility index (Phi) is 5.05. The number of benzene rings is 1. The number of carbonyl (C=O) groups is 2. The van der Waals surface area contributed by atoms with E-state index >= 15 is 0 Å². The number of carbonyl (C=O) groups excluding carboxylic acids is 2. The maximum absolute atomic E-state index is 11.3. The molecule has 0 aliphatic heterocycles. The molecule has 1 atom stereocenters. The van der Waals surface area contributed by atoms with Crippen LogP contribution in [0.2, 0.25) is 0 Å². The monoisotopic (exact) mass is 221 g/mol.